The molecule has 1 unspecified atom stereocenters. The van der Waals surface area contributed by atoms with Gasteiger partial charge in [-0.25, -0.2) is 4.79 Å². The average Bonchev–Trinajstić information content (AvgIpc) is 2.66. The van der Waals surface area contributed by atoms with Gasteiger partial charge in [0.1, 0.15) is 12.3 Å². The van der Waals surface area contributed by atoms with Crippen molar-refractivity contribution in [2.24, 2.45) is 0 Å². The number of halogens is 1. The molecule has 0 saturated heterocycles. The molecular formula is C19H23ClN2O6. The van der Waals surface area contributed by atoms with Crippen LogP contribution in [0.5, 0.6) is 0 Å². The Labute approximate surface area is 167 Å². The molecule has 0 aromatic heterocycles. The van der Waals surface area contributed by atoms with Crippen LogP contribution in [0.4, 0.5) is 4.79 Å². The summed E-state index contributed by atoms with van der Waals surface area (Å²) in [5.41, 5.74) is -0.221. The number of ketones is 1. The molecular weight excluding hydrogens is 388 g/mol. The van der Waals surface area contributed by atoms with Crippen LogP contribution in [0.25, 0.3) is 0 Å². The lowest BCUT2D eigenvalue weighted by molar-refractivity contribution is -0.151. The molecule has 1 aliphatic carbocycles. The Kier molecular flexibility index (Phi) is 7.80. The summed E-state index contributed by atoms with van der Waals surface area (Å²) in [5, 5.41) is 5.31. The van der Waals surface area contributed by atoms with E-state index >= 15 is 0 Å². The first kappa shape index (κ1) is 21.7. The second-order valence-electron chi connectivity index (χ2n) is 6.52. The fourth-order valence-corrected chi connectivity index (χ4v) is 3.49. The average molecular weight is 411 g/mol. The number of ether oxygens (including phenoxy) is 2. The summed E-state index contributed by atoms with van der Waals surface area (Å²) in [6, 6.07) is 7.09. The van der Waals surface area contributed by atoms with Crippen LogP contribution in [-0.4, -0.2) is 43.6 Å². The van der Waals surface area contributed by atoms with Gasteiger partial charge >= 0.3 is 12.1 Å². The van der Waals surface area contributed by atoms with Crippen LogP contribution >= 0.6 is 11.6 Å². The number of benzene rings is 1. The van der Waals surface area contributed by atoms with Crippen molar-refractivity contribution in [3.05, 3.63) is 34.9 Å². The van der Waals surface area contributed by atoms with Crippen LogP contribution in [0.15, 0.2) is 24.3 Å². The predicted octanol–water partition coefficient (Wildman–Crippen LogP) is 2.08. The predicted molar refractivity (Wildman–Crippen MR) is 101 cm³/mol. The zero-order valence-electron chi connectivity index (χ0n) is 15.6. The smallest absolute Gasteiger partial charge is 0.410 e. The Balaban J connectivity index is 1.92. The number of carbonyl (C=O) groups excluding carboxylic acids is 4. The van der Waals surface area contributed by atoms with Gasteiger partial charge in [0, 0.05) is 24.9 Å². The zero-order chi connectivity index (χ0) is 20.6. The van der Waals surface area contributed by atoms with Crippen LogP contribution in [-0.2, 0) is 29.3 Å². The molecule has 8 nitrogen and oxygen atoms in total. The van der Waals surface area contributed by atoms with Gasteiger partial charge in [-0.3, -0.25) is 14.4 Å². The minimum Gasteiger partial charge on any atom is -0.426 e. The van der Waals surface area contributed by atoms with Gasteiger partial charge in [0.2, 0.25) is 12.7 Å². The Morgan fingerprint density at radius 2 is 1.89 bits per heavy atom. The van der Waals surface area contributed by atoms with Crippen LogP contribution in [0.3, 0.4) is 0 Å². The number of Topliss-reactive ketones (excluding diaryl/α,β-unsaturated/α-hetero) is 1. The molecule has 0 spiro atoms. The lowest BCUT2D eigenvalue weighted by Gasteiger charge is -2.36. The van der Waals surface area contributed by atoms with Gasteiger partial charge in [0.05, 0.1) is 5.41 Å². The molecule has 1 atom stereocenters. The number of hydrogen-bond acceptors (Lipinski definition) is 6. The molecule has 1 aromatic carbocycles. The standard InChI is InChI=1S/C19H23ClN2O6/c1-13(23)21-10-17(25)27-12-28-18(26)22-11-19(9-5-4-8-16(19)24)14-6-2-3-7-15(14)20/h2-3,6-7H,4-5,8-12H2,1H3,(H,21,23)(H,22,26). The van der Waals surface area contributed by atoms with Gasteiger partial charge in [-0.05, 0) is 24.5 Å². The normalized spacial score (nSPS) is 18.9. The highest BCUT2D eigenvalue weighted by Gasteiger charge is 2.42. The topological polar surface area (TPSA) is 111 Å². The minimum atomic E-state index is -0.905. The zero-order valence-corrected chi connectivity index (χ0v) is 16.3. The molecule has 9 heteroatoms. The fraction of sp³-hybridized carbons (Fsp3) is 0.474. The summed E-state index contributed by atoms with van der Waals surface area (Å²) in [4.78, 5) is 46.8. The van der Waals surface area contributed by atoms with Gasteiger partial charge in [-0.15, -0.1) is 0 Å². The second-order valence-corrected chi connectivity index (χ2v) is 6.93. The first-order valence-electron chi connectivity index (χ1n) is 8.94. The van der Waals surface area contributed by atoms with E-state index in [0.717, 1.165) is 12.8 Å². The van der Waals surface area contributed by atoms with E-state index in [2.05, 4.69) is 15.4 Å². The van der Waals surface area contributed by atoms with Crippen molar-refractivity contribution in [1.29, 1.82) is 0 Å². The number of alkyl carbamates (subject to hydrolysis) is 1. The molecule has 1 fully saturated rings. The molecule has 1 aromatic rings. The molecule has 2 amide bonds. The minimum absolute atomic E-state index is 0.0221. The van der Waals surface area contributed by atoms with Crippen molar-refractivity contribution in [2.45, 2.75) is 38.0 Å². The molecule has 0 radical (unpaired) electrons. The van der Waals surface area contributed by atoms with E-state index in [0.29, 0.717) is 23.4 Å². The maximum absolute atomic E-state index is 12.8. The van der Waals surface area contributed by atoms with E-state index in [9.17, 15) is 19.2 Å². The number of nitrogens with one attached hydrogen (secondary N) is 2. The van der Waals surface area contributed by atoms with Crippen LogP contribution < -0.4 is 10.6 Å². The van der Waals surface area contributed by atoms with Crippen molar-refractivity contribution in [3.63, 3.8) is 0 Å². The van der Waals surface area contributed by atoms with E-state index in [1.54, 1.807) is 24.3 Å². The van der Waals surface area contributed by atoms with E-state index in [1.165, 1.54) is 6.92 Å². The van der Waals surface area contributed by atoms with Crippen molar-refractivity contribution < 1.29 is 28.7 Å². The highest BCUT2D eigenvalue weighted by molar-refractivity contribution is 6.31. The number of esters is 1. The molecule has 0 heterocycles. The van der Waals surface area contributed by atoms with Crippen molar-refractivity contribution in [2.75, 3.05) is 19.9 Å². The molecule has 2 N–H and O–H groups in total. The number of rotatable bonds is 7. The Bertz CT molecular complexity index is 754. The first-order valence-corrected chi connectivity index (χ1v) is 9.32. The number of hydrogen-bond donors (Lipinski definition) is 2. The Morgan fingerprint density at radius 1 is 1.14 bits per heavy atom. The highest BCUT2D eigenvalue weighted by atomic mass is 35.5. The van der Waals surface area contributed by atoms with Gasteiger partial charge in [0.15, 0.2) is 0 Å². The Morgan fingerprint density at radius 3 is 2.57 bits per heavy atom. The fourth-order valence-electron chi connectivity index (χ4n) is 3.18. The molecule has 1 saturated carbocycles. The summed E-state index contributed by atoms with van der Waals surface area (Å²) in [7, 11) is 0. The van der Waals surface area contributed by atoms with Gasteiger partial charge < -0.3 is 20.1 Å². The van der Waals surface area contributed by atoms with Crippen molar-refractivity contribution in [3.8, 4) is 0 Å². The van der Waals surface area contributed by atoms with Gasteiger partial charge in [-0.1, -0.05) is 36.2 Å². The molecule has 0 bridgehead atoms. The maximum Gasteiger partial charge on any atom is 0.410 e. The third kappa shape index (κ3) is 5.69. The van der Waals surface area contributed by atoms with E-state index in [4.69, 9.17) is 16.3 Å². The van der Waals surface area contributed by atoms with E-state index < -0.39 is 24.3 Å². The SMILES string of the molecule is CC(=O)NCC(=O)OCOC(=O)NCC1(c2ccccc2Cl)CCCCC1=O. The monoisotopic (exact) mass is 410 g/mol. The summed E-state index contributed by atoms with van der Waals surface area (Å²) in [5.74, 6) is -1.09. The van der Waals surface area contributed by atoms with Crippen LogP contribution in [0.2, 0.25) is 5.02 Å². The third-order valence-corrected chi connectivity index (χ3v) is 4.94. The lowest BCUT2D eigenvalue weighted by atomic mass is 9.68. The van der Waals surface area contributed by atoms with Crippen molar-refractivity contribution >= 4 is 35.4 Å². The number of amides is 2. The van der Waals surface area contributed by atoms with E-state index in [1.807, 2.05) is 0 Å². The largest absolute Gasteiger partial charge is 0.426 e. The maximum atomic E-state index is 12.8. The van der Waals surface area contributed by atoms with Gasteiger partial charge in [-0.2, -0.15) is 0 Å². The first-order chi connectivity index (χ1) is 13.3. The van der Waals surface area contributed by atoms with Crippen LogP contribution in [0, 0.1) is 0 Å². The summed E-state index contributed by atoms with van der Waals surface area (Å²) >= 11 is 6.31. The lowest BCUT2D eigenvalue weighted by Crippen LogP contribution is -2.48. The Hall–Kier alpha value is -2.61. The highest BCUT2D eigenvalue weighted by Crippen LogP contribution is 2.39. The summed E-state index contributed by atoms with van der Waals surface area (Å²) in [6.07, 6.45) is 1.82. The number of carbonyl (C=O) groups is 4. The second kappa shape index (κ2) is 10.1. The molecule has 1 aliphatic rings. The van der Waals surface area contributed by atoms with Crippen LogP contribution in [0.1, 0.15) is 38.2 Å². The third-order valence-electron chi connectivity index (χ3n) is 4.61. The summed E-state index contributed by atoms with van der Waals surface area (Å²) < 4.78 is 9.49. The van der Waals surface area contributed by atoms with E-state index in [-0.39, 0.29) is 24.8 Å². The van der Waals surface area contributed by atoms with Crippen molar-refractivity contribution in [1.82, 2.24) is 10.6 Å². The quantitative estimate of drug-likeness (QED) is 0.526. The molecule has 28 heavy (non-hydrogen) atoms. The molecule has 152 valence electrons. The summed E-state index contributed by atoms with van der Waals surface area (Å²) in [6.45, 7) is 0.384. The molecule has 2 rings (SSSR count). The van der Waals surface area contributed by atoms with Gasteiger partial charge in [0.25, 0.3) is 0 Å². The molecule has 0 aliphatic heterocycles.